The first-order valence-electron chi connectivity index (χ1n) is 11.2. The SMILES string of the molecule is CNc1cc([C@H]2CC(=O)N(Cc3ccccc3)C2)nc(CN(C)CCc2ccccc2)n1. The Morgan fingerprint density at radius 2 is 1.72 bits per heavy atom. The number of carbonyl (C=O) groups is 1. The largest absolute Gasteiger partial charge is 0.373 e. The first-order chi connectivity index (χ1) is 15.6. The number of likely N-dealkylation sites (tertiary alicyclic amines) is 1. The van der Waals surface area contributed by atoms with E-state index in [2.05, 4.69) is 58.6 Å². The summed E-state index contributed by atoms with van der Waals surface area (Å²) in [5.41, 5.74) is 3.42. The zero-order valence-electron chi connectivity index (χ0n) is 18.9. The molecule has 0 radical (unpaired) electrons. The molecule has 1 saturated heterocycles. The number of rotatable bonds is 9. The highest BCUT2D eigenvalue weighted by molar-refractivity contribution is 5.79. The van der Waals surface area contributed by atoms with Gasteiger partial charge in [0.2, 0.25) is 5.91 Å². The quantitative estimate of drug-likeness (QED) is 0.562. The molecule has 1 amide bonds. The van der Waals surface area contributed by atoms with Gasteiger partial charge in [-0.25, -0.2) is 9.97 Å². The van der Waals surface area contributed by atoms with Crippen molar-refractivity contribution in [1.82, 2.24) is 19.8 Å². The Morgan fingerprint density at radius 1 is 1.03 bits per heavy atom. The van der Waals surface area contributed by atoms with Crippen LogP contribution in [-0.4, -0.2) is 52.9 Å². The van der Waals surface area contributed by atoms with Gasteiger partial charge in [0.1, 0.15) is 11.6 Å². The van der Waals surface area contributed by atoms with Crippen LogP contribution in [0.1, 0.15) is 35.0 Å². The number of benzene rings is 2. The molecule has 1 atom stereocenters. The van der Waals surface area contributed by atoms with Crippen molar-refractivity contribution in [3.63, 3.8) is 0 Å². The Balaban J connectivity index is 1.42. The van der Waals surface area contributed by atoms with E-state index in [4.69, 9.17) is 4.98 Å². The van der Waals surface area contributed by atoms with Gasteiger partial charge >= 0.3 is 0 Å². The second kappa shape index (κ2) is 10.4. The minimum Gasteiger partial charge on any atom is -0.373 e. The maximum absolute atomic E-state index is 12.7. The summed E-state index contributed by atoms with van der Waals surface area (Å²) in [5, 5.41) is 3.16. The van der Waals surface area contributed by atoms with Crippen molar-refractivity contribution in [2.75, 3.05) is 32.5 Å². The van der Waals surface area contributed by atoms with Gasteiger partial charge < -0.3 is 10.2 Å². The van der Waals surface area contributed by atoms with Gasteiger partial charge in [-0.15, -0.1) is 0 Å². The van der Waals surface area contributed by atoms with Gasteiger partial charge in [-0.2, -0.15) is 0 Å². The predicted octanol–water partition coefficient (Wildman–Crippen LogP) is 3.71. The van der Waals surface area contributed by atoms with Crippen molar-refractivity contribution in [3.05, 3.63) is 89.4 Å². The molecule has 32 heavy (non-hydrogen) atoms. The maximum Gasteiger partial charge on any atom is 0.223 e. The van der Waals surface area contributed by atoms with E-state index in [0.29, 0.717) is 26.1 Å². The van der Waals surface area contributed by atoms with Crippen molar-refractivity contribution >= 4 is 11.7 Å². The molecule has 1 aromatic heterocycles. The van der Waals surface area contributed by atoms with Crippen LogP contribution in [0.25, 0.3) is 0 Å². The number of hydrogen-bond donors (Lipinski definition) is 1. The Hall–Kier alpha value is -3.25. The summed E-state index contributed by atoms with van der Waals surface area (Å²) >= 11 is 0. The van der Waals surface area contributed by atoms with Crippen LogP contribution in [0.2, 0.25) is 0 Å². The lowest BCUT2D eigenvalue weighted by Gasteiger charge is -2.19. The summed E-state index contributed by atoms with van der Waals surface area (Å²) in [6.07, 6.45) is 1.48. The molecule has 1 aliphatic rings. The summed E-state index contributed by atoms with van der Waals surface area (Å²) in [6.45, 7) is 2.94. The van der Waals surface area contributed by atoms with E-state index in [-0.39, 0.29) is 11.8 Å². The van der Waals surface area contributed by atoms with E-state index >= 15 is 0 Å². The van der Waals surface area contributed by atoms with Gasteiger partial charge in [0, 0.05) is 45.1 Å². The zero-order valence-corrected chi connectivity index (χ0v) is 18.9. The highest BCUT2D eigenvalue weighted by Gasteiger charge is 2.32. The fourth-order valence-electron chi connectivity index (χ4n) is 4.14. The van der Waals surface area contributed by atoms with Crippen molar-refractivity contribution in [3.8, 4) is 0 Å². The highest BCUT2D eigenvalue weighted by atomic mass is 16.2. The fourth-order valence-corrected chi connectivity index (χ4v) is 4.14. The van der Waals surface area contributed by atoms with Crippen LogP contribution < -0.4 is 5.32 Å². The standard InChI is InChI=1S/C26H31N5O/c1-27-24-16-23(22-15-26(32)31(18-22)17-21-11-7-4-8-12-21)28-25(29-24)19-30(2)14-13-20-9-5-3-6-10-20/h3-12,16,22H,13-15,17-19H2,1-2H3,(H,27,28,29)/t22-/m0/s1. The molecule has 2 aromatic carbocycles. The van der Waals surface area contributed by atoms with E-state index in [1.807, 2.05) is 42.3 Å². The molecular weight excluding hydrogens is 398 g/mol. The van der Waals surface area contributed by atoms with Crippen LogP contribution in [0.5, 0.6) is 0 Å². The number of nitrogens with one attached hydrogen (secondary N) is 1. The molecule has 0 saturated carbocycles. The molecule has 1 fully saturated rings. The van der Waals surface area contributed by atoms with Crippen LogP contribution in [0.15, 0.2) is 66.7 Å². The fraction of sp³-hybridized carbons (Fsp3) is 0.346. The third-order valence-corrected chi connectivity index (χ3v) is 5.93. The van der Waals surface area contributed by atoms with Crippen molar-refractivity contribution < 1.29 is 4.79 Å². The lowest BCUT2D eigenvalue weighted by Crippen LogP contribution is -2.24. The number of carbonyl (C=O) groups excluding carboxylic acids is 1. The highest BCUT2D eigenvalue weighted by Crippen LogP contribution is 2.29. The van der Waals surface area contributed by atoms with Gasteiger partial charge in [0.05, 0.1) is 12.2 Å². The number of aromatic nitrogens is 2. The maximum atomic E-state index is 12.7. The number of amides is 1. The van der Waals surface area contributed by atoms with E-state index in [0.717, 1.165) is 35.9 Å². The molecule has 6 heteroatoms. The smallest absolute Gasteiger partial charge is 0.223 e. The Bertz CT molecular complexity index is 1020. The molecule has 0 spiro atoms. The average molecular weight is 430 g/mol. The first-order valence-corrected chi connectivity index (χ1v) is 11.2. The topological polar surface area (TPSA) is 61.4 Å². The van der Waals surface area contributed by atoms with Crippen LogP contribution in [0, 0.1) is 0 Å². The zero-order chi connectivity index (χ0) is 22.3. The minimum atomic E-state index is 0.0923. The molecule has 0 bridgehead atoms. The molecule has 0 unspecified atom stereocenters. The number of hydrogen-bond acceptors (Lipinski definition) is 5. The van der Waals surface area contributed by atoms with Crippen LogP contribution >= 0.6 is 0 Å². The lowest BCUT2D eigenvalue weighted by atomic mass is 10.0. The second-order valence-electron chi connectivity index (χ2n) is 8.48. The van der Waals surface area contributed by atoms with Gasteiger partial charge in [0.25, 0.3) is 0 Å². The molecule has 1 aliphatic heterocycles. The van der Waals surface area contributed by atoms with Gasteiger partial charge in [0.15, 0.2) is 0 Å². The summed E-state index contributed by atoms with van der Waals surface area (Å²) in [6, 6.07) is 22.6. The normalized spacial score (nSPS) is 16.0. The summed E-state index contributed by atoms with van der Waals surface area (Å²) in [5.74, 6) is 1.87. The van der Waals surface area contributed by atoms with E-state index in [1.54, 1.807) is 0 Å². The van der Waals surface area contributed by atoms with Crippen molar-refractivity contribution in [1.29, 1.82) is 0 Å². The van der Waals surface area contributed by atoms with E-state index < -0.39 is 0 Å². The third-order valence-electron chi connectivity index (χ3n) is 5.93. The van der Waals surface area contributed by atoms with E-state index in [1.165, 1.54) is 5.56 Å². The lowest BCUT2D eigenvalue weighted by molar-refractivity contribution is -0.128. The summed E-state index contributed by atoms with van der Waals surface area (Å²) in [4.78, 5) is 26.4. The number of nitrogens with zero attached hydrogens (tertiary/aromatic N) is 4. The van der Waals surface area contributed by atoms with Crippen LogP contribution in [0.3, 0.4) is 0 Å². The molecular formula is C26H31N5O. The first kappa shape index (κ1) is 22.0. The predicted molar refractivity (Wildman–Crippen MR) is 127 cm³/mol. The summed E-state index contributed by atoms with van der Waals surface area (Å²) in [7, 11) is 3.97. The third kappa shape index (κ3) is 5.71. The molecule has 166 valence electrons. The Labute approximate surface area is 190 Å². The van der Waals surface area contributed by atoms with Crippen molar-refractivity contribution in [2.24, 2.45) is 0 Å². The number of anilines is 1. The number of likely N-dealkylation sites (N-methyl/N-ethyl adjacent to an activating group) is 1. The van der Waals surface area contributed by atoms with Crippen LogP contribution in [-0.2, 0) is 24.3 Å². The average Bonchev–Trinajstić information content (AvgIpc) is 3.19. The molecule has 0 aliphatic carbocycles. The molecule has 3 aromatic rings. The van der Waals surface area contributed by atoms with E-state index in [9.17, 15) is 4.79 Å². The molecule has 2 heterocycles. The van der Waals surface area contributed by atoms with Crippen LogP contribution in [0.4, 0.5) is 5.82 Å². The summed E-state index contributed by atoms with van der Waals surface area (Å²) < 4.78 is 0. The Morgan fingerprint density at radius 3 is 2.41 bits per heavy atom. The second-order valence-corrected chi connectivity index (χ2v) is 8.48. The van der Waals surface area contributed by atoms with Gasteiger partial charge in [-0.05, 0) is 24.6 Å². The molecule has 1 N–H and O–H groups in total. The molecule has 6 nitrogen and oxygen atoms in total. The molecule has 4 rings (SSSR count). The van der Waals surface area contributed by atoms with Gasteiger partial charge in [-0.3, -0.25) is 9.69 Å². The van der Waals surface area contributed by atoms with Crippen molar-refractivity contribution in [2.45, 2.75) is 31.8 Å². The Kier molecular flexibility index (Phi) is 7.12. The minimum absolute atomic E-state index is 0.0923. The van der Waals surface area contributed by atoms with Gasteiger partial charge in [-0.1, -0.05) is 60.7 Å². The monoisotopic (exact) mass is 429 g/mol.